The Hall–Kier alpha value is -3.54. The highest BCUT2D eigenvalue weighted by Crippen LogP contribution is 2.25. The molecule has 142 valence electrons. The molecule has 4 nitrogen and oxygen atoms in total. The van der Waals surface area contributed by atoms with Crippen molar-refractivity contribution in [3.63, 3.8) is 0 Å². The van der Waals surface area contributed by atoms with Gasteiger partial charge in [-0.25, -0.2) is 8.78 Å². The molecular formula is C22H18F2N2O2. The van der Waals surface area contributed by atoms with Crippen molar-refractivity contribution >= 4 is 23.2 Å². The third kappa shape index (κ3) is 4.40. The quantitative estimate of drug-likeness (QED) is 0.663. The number of anilines is 2. The van der Waals surface area contributed by atoms with E-state index in [1.165, 1.54) is 48.5 Å². The zero-order chi connectivity index (χ0) is 20.3. The van der Waals surface area contributed by atoms with Crippen LogP contribution in [-0.2, 0) is 0 Å². The summed E-state index contributed by atoms with van der Waals surface area (Å²) in [6.07, 6.45) is 0. The van der Waals surface area contributed by atoms with E-state index in [9.17, 15) is 18.4 Å². The molecule has 3 aromatic rings. The van der Waals surface area contributed by atoms with E-state index >= 15 is 0 Å². The minimum atomic E-state index is -0.412. The summed E-state index contributed by atoms with van der Waals surface area (Å²) in [5.41, 5.74) is 3.35. The third-order valence-electron chi connectivity index (χ3n) is 4.28. The summed E-state index contributed by atoms with van der Waals surface area (Å²) < 4.78 is 26.0. The van der Waals surface area contributed by atoms with Crippen molar-refractivity contribution < 1.29 is 18.4 Å². The highest BCUT2D eigenvalue weighted by molar-refractivity contribution is 6.06. The van der Waals surface area contributed by atoms with E-state index in [-0.39, 0.29) is 11.8 Å². The van der Waals surface area contributed by atoms with Crippen molar-refractivity contribution in [1.29, 1.82) is 0 Å². The summed E-state index contributed by atoms with van der Waals surface area (Å²) in [6, 6.07) is 14.0. The summed E-state index contributed by atoms with van der Waals surface area (Å²) in [5, 5.41) is 5.58. The van der Waals surface area contributed by atoms with Gasteiger partial charge in [0.05, 0.1) is 0 Å². The molecular weight excluding hydrogens is 362 g/mol. The molecule has 0 aliphatic carbocycles. The van der Waals surface area contributed by atoms with Gasteiger partial charge >= 0.3 is 0 Å². The molecule has 0 bridgehead atoms. The molecule has 0 unspecified atom stereocenters. The molecule has 3 aromatic carbocycles. The lowest BCUT2D eigenvalue weighted by molar-refractivity contribution is 0.101. The summed E-state index contributed by atoms with van der Waals surface area (Å²) in [6.45, 7) is 3.60. The van der Waals surface area contributed by atoms with Gasteiger partial charge < -0.3 is 10.6 Å². The average Bonchev–Trinajstić information content (AvgIpc) is 2.66. The molecule has 6 heteroatoms. The molecule has 0 atom stereocenters. The Morgan fingerprint density at radius 3 is 1.29 bits per heavy atom. The van der Waals surface area contributed by atoms with Gasteiger partial charge in [0, 0.05) is 22.5 Å². The highest BCUT2D eigenvalue weighted by Gasteiger charge is 2.12. The lowest BCUT2D eigenvalue weighted by Gasteiger charge is -2.14. The van der Waals surface area contributed by atoms with E-state index in [0.29, 0.717) is 22.5 Å². The van der Waals surface area contributed by atoms with Gasteiger partial charge in [-0.2, -0.15) is 0 Å². The number of carbonyl (C=O) groups is 2. The van der Waals surface area contributed by atoms with E-state index in [2.05, 4.69) is 10.6 Å². The van der Waals surface area contributed by atoms with Crippen LogP contribution in [0.2, 0.25) is 0 Å². The summed E-state index contributed by atoms with van der Waals surface area (Å²) >= 11 is 0. The molecule has 28 heavy (non-hydrogen) atoms. The molecule has 3 rings (SSSR count). The number of halogens is 2. The summed E-state index contributed by atoms with van der Waals surface area (Å²) in [7, 11) is 0. The largest absolute Gasteiger partial charge is 0.322 e. The molecule has 0 fully saturated rings. The number of amides is 2. The Morgan fingerprint density at radius 1 is 0.643 bits per heavy atom. The fraction of sp³-hybridized carbons (Fsp3) is 0.0909. The second-order valence-corrected chi connectivity index (χ2v) is 6.40. The van der Waals surface area contributed by atoms with Crippen LogP contribution in [-0.4, -0.2) is 11.8 Å². The molecule has 0 radical (unpaired) electrons. The van der Waals surface area contributed by atoms with E-state index in [4.69, 9.17) is 0 Å². The highest BCUT2D eigenvalue weighted by atomic mass is 19.1. The first-order valence-electron chi connectivity index (χ1n) is 8.58. The Bertz CT molecular complexity index is 944. The van der Waals surface area contributed by atoms with E-state index in [1.807, 2.05) is 0 Å². The minimum absolute atomic E-state index is 0.340. The number of benzene rings is 3. The Morgan fingerprint density at radius 2 is 0.964 bits per heavy atom. The van der Waals surface area contributed by atoms with Crippen molar-refractivity contribution in [2.45, 2.75) is 13.8 Å². The van der Waals surface area contributed by atoms with Gasteiger partial charge in [0.1, 0.15) is 11.6 Å². The lowest BCUT2D eigenvalue weighted by atomic mass is 10.1. The second-order valence-electron chi connectivity index (χ2n) is 6.40. The molecule has 2 N–H and O–H groups in total. The average molecular weight is 380 g/mol. The van der Waals surface area contributed by atoms with Crippen LogP contribution in [0.25, 0.3) is 0 Å². The minimum Gasteiger partial charge on any atom is -0.322 e. The fourth-order valence-electron chi connectivity index (χ4n) is 2.68. The van der Waals surface area contributed by atoms with Gasteiger partial charge in [-0.1, -0.05) is 0 Å². The first kappa shape index (κ1) is 19.2. The third-order valence-corrected chi connectivity index (χ3v) is 4.28. The van der Waals surface area contributed by atoms with Crippen LogP contribution >= 0.6 is 0 Å². The number of rotatable bonds is 4. The predicted molar refractivity (Wildman–Crippen MR) is 105 cm³/mol. The fourth-order valence-corrected chi connectivity index (χ4v) is 2.68. The standard InChI is InChI=1S/C22H18F2N2O2/c1-13-11-20(26-22(28)16-5-9-18(24)10-6-16)14(2)12-19(13)25-21(27)15-3-7-17(23)8-4-15/h3-12H,1-2H3,(H,25,27)(H,26,28). The molecule has 0 saturated heterocycles. The van der Waals surface area contributed by atoms with E-state index < -0.39 is 11.6 Å². The maximum atomic E-state index is 13.0. The van der Waals surface area contributed by atoms with Crippen LogP contribution < -0.4 is 10.6 Å². The normalized spacial score (nSPS) is 10.4. The van der Waals surface area contributed by atoms with Crippen molar-refractivity contribution in [1.82, 2.24) is 0 Å². The van der Waals surface area contributed by atoms with Gasteiger partial charge in [-0.15, -0.1) is 0 Å². The smallest absolute Gasteiger partial charge is 0.255 e. The van der Waals surface area contributed by atoms with Crippen LogP contribution in [0, 0.1) is 25.5 Å². The van der Waals surface area contributed by atoms with Crippen molar-refractivity contribution in [3.05, 3.63) is 94.6 Å². The molecule has 0 aliphatic heterocycles. The molecule has 0 aliphatic rings. The number of hydrogen-bond acceptors (Lipinski definition) is 2. The first-order chi connectivity index (χ1) is 13.3. The van der Waals surface area contributed by atoms with E-state index in [1.54, 1.807) is 26.0 Å². The summed E-state index contributed by atoms with van der Waals surface area (Å²) in [4.78, 5) is 24.7. The predicted octanol–water partition coefficient (Wildman–Crippen LogP) is 5.09. The van der Waals surface area contributed by atoms with Gasteiger partial charge in [0.15, 0.2) is 0 Å². The zero-order valence-corrected chi connectivity index (χ0v) is 15.3. The van der Waals surface area contributed by atoms with Gasteiger partial charge in [-0.3, -0.25) is 9.59 Å². The van der Waals surface area contributed by atoms with Crippen LogP contribution in [0.3, 0.4) is 0 Å². The van der Waals surface area contributed by atoms with Crippen LogP contribution in [0.5, 0.6) is 0 Å². The van der Waals surface area contributed by atoms with Crippen molar-refractivity contribution in [2.24, 2.45) is 0 Å². The second kappa shape index (κ2) is 8.00. The first-order valence-corrected chi connectivity index (χ1v) is 8.58. The zero-order valence-electron chi connectivity index (χ0n) is 15.3. The molecule has 2 amide bonds. The number of nitrogens with one attached hydrogen (secondary N) is 2. The van der Waals surface area contributed by atoms with Crippen molar-refractivity contribution in [3.8, 4) is 0 Å². The SMILES string of the molecule is Cc1cc(NC(=O)c2ccc(F)cc2)c(C)cc1NC(=O)c1ccc(F)cc1. The maximum Gasteiger partial charge on any atom is 0.255 e. The van der Waals surface area contributed by atoms with Crippen LogP contribution in [0.15, 0.2) is 60.7 Å². The number of aryl methyl sites for hydroxylation is 2. The Labute approximate surface area is 161 Å². The molecule has 0 saturated carbocycles. The topological polar surface area (TPSA) is 58.2 Å². The monoisotopic (exact) mass is 380 g/mol. The van der Waals surface area contributed by atoms with Gasteiger partial charge in [0.2, 0.25) is 0 Å². The van der Waals surface area contributed by atoms with Crippen molar-refractivity contribution in [2.75, 3.05) is 10.6 Å². The van der Waals surface area contributed by atoms with Gasteiger partial charge in [0.25, 0.3) is 11.8 Å². The Kier molecular flexibility index (Phi) is 5.49. The lowest BCUT2D eigenvalue weighted by Crippen LogP contribution is -2.15. The van der Waals surface area contributed by atoms with E-state index in [0.717, 1.165) is 11.1 Å². The molecule has 0 spiro atoms. The van der Waals surface area contributed by atoms with Crippen LogP contribution in [0.4, 0.5) is 20.2 Å². The number of hydrogen-bond donors (Lipinski definition) is 2. The van der Waals surface area contributed by atoms with Crippen LogP contribution in [0.1, 0.15) is 31.8 Å². The summed E-state index contributed by atoms with van der Waals surface area (Å²) in [5.74, 6) is -1.54. The maximum absolute atomic E-state index is 13.0. The number of carbonyl (C=O) groups excluding carboxylic acids is 2. The molecule has 0 aromatic heterocycles. The Balaban J connectivity index is 1.76. The van der Waals surface area contributed by atoms with Gasteiger partial charge in [-0.05, 0) is 85.6 Å². The molecule has 0 heterocycles.